The van der Waals surface area contributed by atoms with E-state index in [1.807, 2.05) is 24.3 Å². The first-order chi connectivity index (χ1) is 8.20. The van der Waals surface area contributed by atoms with E-state index in [1.165, 1.54) is 5.56 Å². The topological polar surface area (TPSA) is 22.1 Å². The van der Waals surface area contributed by atoms with Gasteiger partial charge in [-0.25, -0.2) is 4.98 Å². The van der Waals surface area contributed by atoms with Gasteiger partial charge in [0.2, 0.25) is 5.88 Å². The molecular weight excluding hydrogens is 346 g/mol. The molecule has 0 bridgehead atoms. The number of hydrogen-bond acceptors (Lipinski definition) is 2. The number of nitrogens with zero attached hydrogens (tertiary/aromatic N) is 1. The number of rotatable bonds is 3. The fourth-order valence-electron chi connectivity index (χ4n) is 1.48. The molecule has 0 saturated carbocycles. The van der Waals surface area contributed by atoms with Crippen molar-refractivity contribution in [1.82, 2.24) is 4.98 Å². The molecule has 0 atom stereocenters. The lowest BCUT2D eigenvalue weighted by Crippen LogP contribution is -1.93. The van der Waals surface area contributed by atoms with Crippen LogP contribution in [0.4, 0.5) is 0 Å². The van der Waals surface area contributed by atoms with Crippen LogP contribution in [0.25, 0.3) is 0 Å². The molecule has 0 N–H and O–H groups in total. The predicted octanol–water partition coefficient (Wildman–Crippen LogP) is 4.96. The molecule has 0 aliphatic rings. The average molecular weight is 357 g/mol. The van der Waals surface area contributed by atoms with Gasteiger partial charge < -0.3 is 4.74 Å². The first kappa shape index (κ1) is 12.6. The first-order valence-electron chi connectivity index (χ1n) is 5.27. The number of benzene rings is 1. The molecule has 2 aromatic rings. The maximum absolute atomic E-state index is 5.81. The summed E-state index contributed by atoms with van der Waals surface area (Å²) >= 11 is 6.80. The lowest BCUT2D eigenvalue weighted by molar-refractivity contribution is 0.454. The Kier molecular flexibility index (Phi) is 4.18. The van der Waals surface area contributed by atoms with Crippen molar-refractivity contribution >= 4 is 31.9 Å². The first-order valence-corrected chi connectivity index (χ1v) is 6.86. The monoisotopic (exact) mass is 355 g/mol. The highest BCUT2D eigenvalue weighted by Gasteiger charge is 2.07. The number of aryl methyl sites for hydroxylation is 1. The number of ether oxygens (including phenoxy) is 1. The van der Waals surface area contributed by atoms with Crippen LogP contribution in [0.5, 0.6) is 11.6 Å². The number of para-hydroxylation sites is 1. The van der Waals surface area contributed by atoms with Gasteiger partial charge in [0.1, 0.15) is 5.75 Å². The lowest BCUT2D eigenvalue weighted by Gasteiger charge is -2.10. The summed E-state index contributed by atoms with van der Waals surface area (Å²) in [5.74, 6) is 1.43. The van der Waals surface area contributed by atoms with Gasteiger partial charge >= 0.3 is 0 Å². The van der Waals surface area contributed by atoms with Gasteiger partial charge in [0.25, 0.3) is 0 Å². The molecule has 1 aromatic heterocycles. The molecule has 17 heavy (non-hydrogen) atoms. The van der Waals surface area contributed by atoms with E-state index in [9.17, 15) is 0 Å². The third-order valence-corrected chi connectivity index (χ3v) is 3.34. The van der Waals surface area contributed by atoms with Gasteiger partial charge in [-0.15, -0.1) is 0 Å². The second kappa shape index (κ2) is 5.65. The van der Waals surface area contributed by atoms with Crippen LogP contribution in [0.3, 0.4) is 0 Å². The van der Waals surface area contributed by atoms with E-state index < -0.39 is 0 Å². The second-order valence-electron chi connectivity index (χ2n) is 3.50. The van der Waals surface area contributed by atoms with E-state index in [1.54, 1.807) is 6.20 Å². The Hall–Kier alpha value is -0.870. The summed E-state index contributed by atoms with van der Waals surface area (Å²) in [6.45, 7) is 2.10. The summed E-state index contributed by atoms with van der Waals surface area (Å²) < 4.78 is 7.56. The van der Waals surface area contributed by atoms with E-state index in [0.29, 0.717) is 5.88 Å². The van der Waals surface area contributed by atoms with Gasteiger partial charge in [0.05, 0.1) is 4.47 Å². The number of pyridine rings is 1. The average Bonchev–Trinajstić information content (AvgIpc) is 2.33. The van der Waals surface area contributed by atoms with E-state index in [-0.39, 0.29) is 0 Å². The third kappa shape index (κ3) is 3.07. The van der Waals surface area contributed by atoms with Gasteiger partial charge in [0, 0.05) is 10.7 Å². The van der Waals surface area contributed by atoms with Crippen LogP contribution in [0, 0.1) is 0 Å². The molecule has 0 saturated heterocycles. The molecule has 0 aliphatic carbocycles. The van der Waals surface area contributed by atoms with Crippen molar-refractivity contribution in [2.45, 2.75) is 13.3 Å². The fourth-order valence-corrected chi connectivity index (χ4v) is 2.55. The summed E-state index contributed by atoms with van der Waals surface area (Å²) in [4.78, 5) is 4.23. The lowest BCUT2D eigenvalue weighted by atomic mass is 10.1. The minimum atomic E-state index is 0.578. The van der Waals surface area contributed by atoms with Crippen LogP contribution < -0.4 is 4.74 Å². The third-order valence-electron chi connectivity index (χ3n) is 2.33. The highest BCUT2D eigenvalue weighted by Crippen LogP contribution is 2.31. The minimum absolute atomic E-state index is 0.578. The molecule has 2 nitrogen and oxygen atoms in total. The normalized spacial score (nSPS) is 10.3. The molecular formula is C13H11Br2NO. The summed E-state index contributed by atoms with van der Waals surface area (Å²) in [5, 5.41) is 0. The van der Waals surface area contributed by atoms with Crippen LogP contribution >= 0.6 is 31.9 Å². The van der Waals surface area contributed by atoms with Gasteiger partial charge in [-0.05, 0) is 56.0 Å². The standard InChI is InChI=1S/C13H11Br2NO/c1-2-9-5-3-4-6-12(9)17-13-11(15)7-10(14)8-16-13/h3-8H,2H2,1H3. The van der Waals surface area contributed by atoms with Crippen LogP contribution in [-0.2, 0) is 6.42 Å². The van der Waals surface area contributed by atoms with Crippen molar-refractivity contribution in [1.29, 1.82) is 0 Å². The molecule has 0 radical (unpaired) electrons. The van der Waals surface area contributed by atoms with Crippen molar-refractivity contribution in [3.63, 3.8) is 0 Å². The second-order valence-corrected chi connectivity index (χ2v) is 5.27. The maximum atomic E-state index is 5.81. The maximum Gasteiger partial charge on any atom is 0.233 e. The van der Waals surface area contributed by atoms with E-state index in [0.717, 1.165) is 21.1 Å². The molecule has 1 heterocycles. The van der Waals surface area contributed by atoms with E-state index >= 15 is 0 Å². The molecule has 0 fully saturated rings. The van der Waals surface area contributed by atoms with E-state index in [2.05, 4.69) is 49.8 Å². The van der Waals surface area contributed by atoms with Crippen LogP contribution in [-0.4, -0.2) is 4.98 Å². The summed E-state index contributed by atoms with van der Waals surface area (Å²) in [6, 6.07) is 9.89. The zero-order valence-corrected chi connectivity index (χ0v) is 12.5. The molecule has 0 spiro atoms. The molecule has 0 amide bonds. The Morgan fingerprint density at radius 1 is 1.24 bits per heavy atom. The van der Waals surface area contributed by atoms with Crippen LogP contribution in [0.15, 0.2) is 45.5 Å². The molecule has 88 valence electrons. The molecule has 0 aliphatic heterocycles. The Balaban J connectivity index is 2.31. The van der Waals surface area contributed by atoms with Crippen LogP contribution in [0.1, 0.15) is 12.5 Å². The van der Waals surface area contributed by atoms with Crippen molar-refractivity contribution in [3.05, 3.63) is 51.0 Å². The van der Waals surface area contributed by atoms with E-state index in [4.69, 9.17) is 4.74 Å². The van der Waals surface area contributed by atoms with Crippen molar-refractivity contribution < 1.29 is 4.74 Å². The Labute approximate surface area is 117 Å². The van der Waals surface area contributed by atoms with Crippen molar-refractivity contribution in [3.8, 4) is 11.6 Å². The summed E-state index contributed by atoms with van der Waals surface area (Å²) in [6.07, 6.45) is 2.65. The Bertz CT molecular complexity index is 529. The Morgan fingerprint density at radius 3 is 2.71 bits per heavy atom. The van der Waals surface area contributed by atoms with Gasteiger partial charge in [-0.3, -0.25) is 0 Å². The Morgan fingerprint density at radius 2 is 2.00 bits per heavy atom. The summed E-state index contributed by atoms with van der Waals surface area (Å²) in [7, 11) is 0. The highest BCUT2D eigenvalue weighted by molar-refractivity contribution is 9.11. The van der Waals surface area contributed by atoms with Crippen molar-refractivity contribution in [2.75, 3.05) is 0 Å². The fraction of sp³-hybridized carbons (Fsp3) is 0.154. The van der Waals surface area contributed by atoms with Crippen molar-refractivity contribution in [2.24, 2.45) is 0 Å². The zero-order chi connectivity index (χ0) is 12.3. The van der Waals surface area contributed by atoms with Gasteiger partial charge in [-0.1, -0.05) is 25.1 Å². The quantitative estimate of drug-likeness (QED) is 0.775. The molecule has 0 unspecified atom stereocenters. The van der Waals surface area contributed by atoms with Gasteiger partial charge in [-0.2, -0.15) is 0 Å². The van der Waals surface area contributed by atoms with Gasteiger partial charge in [0.15, 0.2) is 0 Å². The highest BCUT2D eigenvalue weighted by atomic mass is 79.9. The predicted molar refractivity (Wildman–Crippen MR) is 75.5 cm³/mol. The number of hydrogen-bond donors (Lipinski definition) is 0. The number of aromatic nitrogens is 1. The zero-order valence-electron chi connectivity index (χ0n) is 9.28. The summed E-state index contributed by atoms with van der Waals surface area (Å²) in [5.41, 5.74) is 1.17. The minimum Gasteiger partial charge on any atom is -0.438 e. The smallest absolute Gasteiger partial charge is 0.233 e. The largest absolute Gasteiger partial charge is 0.438 e. The molecule has 1 aromatic carbocycles. The molecule has 4 heteroatoms. The number of halogens is 2. The van der Waals surface area contributed by atoms with Crippen LogP contribution in [0.2, 0.25) is 0 Å². The SMILES string of the molecule is CCc1ccccc1Oc1ncc(Br)cc1Br. The molecule has 2 rings (SSSR count).